The molecule has 2 saturated heterocycles. The van der Waals surface area contributed by atoms with Gasteiger partial charge >= 0.3 is 6.09 Å². The van der Waals surface area contributed by atoms with Gasteiger partial charge < -0.3 is 34.4 Å². The molecule has 266 valence electrons. The van der Waals surface area contributed by atoms with Gasteiger partial charge in [0.1, 0.15) is 11.7 Å². The minimum Gasteiger partial charge on any atom is -0.464 e. The molecule has 3 N–H and O–H groups in total. The van der Waals surface area contributed by atoms with E-state index < -0.39 is 40.7 Å². The smallest absolute Gasteiger partial charge is 0.407 e. The third-order valence-electron chi connectivity index (χ3n) is 8.90. The first-order valence-electron chi connectivity index (χ1n) is 16.7. The highest BCUT2D eigenvalue weighted by molar-refractivity contribution is 7.89. The van der Waals surface area contributed by atoms with E-state index in [9.17, 15) is 23.1 Å². The monoisotopic (exact) mass is 706 g/mol. The van der Waals surface area contributed by atoms with Gasteiger partial charge in [-0.25, -0.2) is 13.2 Å². The fourth-order valence-electron chi connectivity index (χ4n) is 6.32. The average molecular weight is 707 g/mol. The van der Waals surface area contributed by atoms with E-state index in [0.717, 1.165) is 5.56 Å². The van der Waals surface area contributed by atoms with Crippen molar-refractivity contribution in [2.45, 2.75) is 62.7 Å². The molecule has 13 nitrogen and oxygen atoms in total. The Hall–Kier alpha value is -4.34. The molecule has 5 atom stereocenters. The second kappa shape index (κ2) is 15.7. The first-order valence-corrected chi connectivity index (χ1v) is 18.1. The fourth-order valence-corrected chi connectivity index (χ4v) is 7.97. The van der Waals surface area contributed by atoms with Crippen molar-refractivity contribution in [1.29, 1.82) is 0 Å². The Morgan fingerprint density at radius 3 is 2.66 bits per heavy atom. The zero-order chi connectivity index (χ0) is 35.3. The number of sulfonamides is 1. The molecule has 0 radical (unpaired) electrons. The predicted molar refractivity (Wildman–Crippen MR) is 182 cm³/mol. The minimum absolute atomic E-state index is 0.000587. The standard InChI is InChI=1S/C36H42N4O9S/c1-23(2)19-40(50(44,45)27-10-11-32-29(16-27)26(21-47-32)18-38-34(42)25-9-6-13-37-17-25)20-31(41)30(15-24-7-4-3-5-8-24)39-36(43)49-33-22-48-35-28(33)12-14-46-35/h3-11,13,16-17,21,23,28,30-31,33,35,41H,12,14-15,18-20,22H2,1-2H3,(H,38,42)(H,39,43)/t28-,30-,31+,33?,35+/m0/s1. The number of fused-ring (bicyclic) bond motifs is 2. The molecule has 4 heterocycles. The number of benzene rings is 2. The van der Waals surface area contributed by atoms with Gasteiger partial charge in [0.2, 0.25) is 10.0 Å². The summed E-state index contributed by atoms with van der Waals surface area (Å²) in [5, 5.41) is 17.8. The maximum atomic E-state index is 14.2. The van der Waals surface area contributed by atoms with Crippen molar-refractivity contribution in [2.75, 3.05) is 26.3 Å². The number of ether oxygens (including phenoxy) is 3. The van der Waals surface area contributed by atoms with Crippen LogP contribution in [0.25, 0.3) is 11.0 Å². The van der Waals surface area contributed by atoms with Gasteiger partial charge in [-0.3, -0.25) is 9.78 Å². The number of alkyl carbamates (subject to hydrolysis) is 1. The molecule has 0 spiro atoms. The van der Waals surface area contributed by atoms with Crippen molar-refractivity contribution in [3.8, 4) is 0 Å². The van der Waals surface area contributed by atoms with E-state index in [4.69, 9.17) is 18.6 Å². The fraction of sp³-hybridized carbons (Fsp3) is 0.417. The molecule has 2 aliphatic heterocycles. The molecular formula is C36H42N4O9S. The van der Waals surface area contributed by atoms with E-state index in [0.29, 0.717) is 35.1 Å². The Morgan fingerprint density at radius 1 is 1.08 bits per heavy atom. The van der Waals surface area contributed by atoms with Crippen molar-refractivity contribution in [3.63, 3.8) is 0 Å². The Bertz CT molecular complexity index is 1870. The topological polar surface area (TPSA) is 170 Å². The maximum absolute atomic E-state index is 14.2. The van der Waals surface area contributed by atoms with Crippen LogP contribution < -0.4 is 10.6 Å². The molecule has 2 amide bonds. The van der Waals surface area contributed by atoms with Gasteiger partial charge in [0.25, 0.3) is 5.91 Å². The van der Waals surface area contributed by atoms with Crippen molar-refractivity contribution in [3.05, 3.63) is 96.0 Å². The van der Waals surface area contributed by atoms with Crippen LogP contribution in [0.15, 0.2) is 88.6 Å². The van der Waals surface area contributed by atoms with Crippen molar-refractivity contribution >= 4 is 33.0 Å². The normalized spacial score (nSPS) is 20.1. The second-order valence-electron chi connectivity index (χ2n) is 13.0. The van der Waals surface area contributed by atoms with E-state index in [2.05, 4.69) is 15.6 Å². The number of aliphatic hydroxyl groups excluding tert-OH is 1. The molecule has 0 bridgehead atoms. The number of pyridine rings is 1. The number of rotatable bonds is 14. The molecule has 0 saturated carbocycles. The lowest BCUT2D eigenvalue weighted by molar-refractivity contribution is -0.0907. The van der Waals surface area contributed by atoms with Crippen LogP contribution in [0.5, 0.6) is 0 Å². The number of aromatic nitrogens is 1. The number of carbonyl (C=O) groups is 2. The predicted octanol–water partition coefficient (Wildman–Crippen LogP) is 3.86. The second-order valence-corrected chi connectivity index (χ2v) is 15.0. The largest absolute Gasteiger partial charge is 0.464 e. The molecule has 2 aromatic heterocycles. The number of furan rings is 1. The van der Waals surface area contributed by atoms with Crippen LogP contribution in [0.2, 0.25) is 0 Å². The van der Waals surface area contributed by atoms with Crippen molar-refractivity contribution in [2.24, 2.45) is 11.8 Å². The number of nitrogens with one attached hydrogen (secondary N) is 2. The average Bonchev–Trinajstić information content (AvgIpc) is 3.84. The summed E-state index contributed by atoms with van der Waals surface area (Å²) in [6.45, 7) is 4.44. The summed E-state index contributed by atoms with van der Waals surface area (Å²) in [5.74, 6) is -0.470. The lowest BCUT2D eigenvalue weighted by Gasteiger charge is -2.31. The van der Waals surface area contributed by atoms with E-state index in [-0.39, 0.29) is 55.3 Å². The van der Waals surface area contributed by atoms with Gasteiger partial charge in [0.05, 0.1) is 48.0 Å². The lowest BCUT2D eigenvalue weighted by atomic mass is 10.0. The quantitative estimate of drug-likeness (QED) is 0.175. The molecule has 6 rings (SSSR count). The lowest BCUT2D eigenvalue weighted by Crippen LogP contribution is -2.51. The third-order valence-corrected chi connectivity index (χ3v) is 10.7. The van der Waals surface area contributed by atoms with Crippen LogP contribution in [0.4, 0.5) is 4.79 Å². The van der Waals surface area contributed by atoms with Gasteiger partial charge in [-0.05, 0) is 54.7 Å². The number of hydrogen-bond donors (Lipinski definition) is 3. The van der Waals surface area contributed by atoms with Crippen molar-refractivity contribution < 1.29 is 41.7 Å². The summed E-state index contributed by atoms with van der Waals surface area (Å²) in [6.07, 6.45) is 2.57. The highest BCUT2D eigenvalue weighted by Crippen LogP contribution is 2.33. The number of aliphatic hydroxyl groups is 1. The Balaban J connectivity index is 1.20. The summed E-state index contributed by atoms with van der Waals surface area (Å²) in [7, 11) is -4.15. The summed E-state index contributed by atoms with van der Waals surface area (Å²) < 4.78 is 52.2. The first-order chi connectivity index (χ1) is 24.1. The number of hydrogen-bond acceptors (Lipinski definition) is 10. The van der Waals surface area contributed by atoms with Gasteiger partial charge in [0, 0.05) is 43.0 Å². The van der Waals surface area contributed by atoms with Gasteiger partial charge in [-0.15, -0.1) is 0 Å². The van der Waals surface area contributed by atoms with Crippen LogP contribution >= 0.6 is 0 Å². The van der Waals surface area contributed by atoms with Crippen LogP contribution in [-0.4, -0.2) is 85.7 Å². The van der Waals surface area contributed by atoms with E-state index in [1.807, 2.05) is 44.2 Å². The van der Waals surface area contributed by atoms with Gasteiger partial charge in [0.15, 0.2) is 6.29 Å². The molecule has 1 unspecified atom stereocenters. The highest BCUT2D eigenvalue weighted by Gasteiger charge is 2.44. The zero-order valence-corrected chi connectivity index (χ0v) is 28.8. The number of amides is 2. The summed E-state index contributed by atoms with van der Waals surface area (Å²) in [6, 6.07) is 16.3. The van der Waals surface area contributed by atoms with Crippen LogP contribution in [0.3, 0.4) is 0 Å². The van der Waals surface area contributed by atoms with Crippen LogP contribution in [0.1, 0.15) is 41.8 Å². The van der Waals surface area contributed by atoms with Gasteiger partial charge in [-0.2, -0.15) is 4.31 Å². The SMILES string of the molecule is CC(C)CN(C[C@@H](O)[C@H](Cc1ccccc1)NC(=O)OC1CO[C@H]2OCC[C@@H]12)S(=O)(=O)c1ccc2occ(CNC(=O)c3cccnc3)c2c1. The first kappa shape index (κ1) is 35.5. The molecule has 4 aromatic rings. The van der Waals surface area contributed by atoms with Crippen LogP contribution in [0, 0.1) is 11.8 Å². The molecule has 50 heavy (non-hydrogen) atoms. The Labute approximate surface area is 291 Å². The summed E-state index contributed by atoms with van der Waals surface area (Å²) in [4.78, 5) is 29.8. The molecule has 2 aliphatic rings. The van der Waals surface area contributed by atoms with E-state index in [1.54, 1.807) is 24.4 Å². The molecular weight excluding hydrogens is 664 g/mol. The Kier molecular flexibility index (Phi) is 11.1. The molecule has 2 fully saturated rings. The molecule has 2 aromatic carbocycles. The van der Waals surface area contributed by atoms with Crippen molar-refractivity contribution in [1.82, 2.24) is 19.9 Å². The maximum Gasteiger partial charge on any atom is 0.407 e. The van der Waals surface area contributed by atoms with Gasteiger partial charge in [-0.1, -0.05) is 44.2 Å². The summed E-state index contributed by atoms with van der Waals surface area (Å²) >= 11 is 0. The van der Waals surface area contributed by atoms with Crippen LogP contribution in [-0.2, 0) is 37.2 Å². The van der Waals surface area contributed by atoms with E-state index >= 15 is 0 Å². The number of carbonyl (C=O) groups excluding carboxylic acids is 2. The summed E-state index contributed by atoms with van der Waals surface area (Å²) in [5.41, 5.74) is 2.29. The zero-order valence-electron chi connectivity index (χ0n) is 27.9. The number of nitrogens with zero attached hydrogens (tertiary/aromatic N) is 2. The van der Waals surface area contributed by atoms with E-state index in [1.165, 1.54) is 28.9 Å². The molecule has 0 aliphatic carbocycles. The molecule has 14 heteroatoms. The Morgan fingerprint density at radius 2 is 1.90 bits per heavy atom. The minimum atomic E-state index is -4.15. The third kappa shape index (κ3) is 8.33. The highest BCUT2D eigenvalue weighted by atomic mass is 32.2.